The lowest BCUT2D eigenvalue weighted by Gasteiger charge is -2.05. The Morgan fingerprint density at radius 1 is 1.21 bits per heavy atom. The number of rotatable bonds is 4. The number of carbonyl (C=O) groups is 1. The second kappa shape index (κ2) is 6.31. The van der Waals surface area contributed by atoms with Crippen LogP contribution in [0.5, 0.6) is 0 Å². The Hall–Kier alpha value is -1.91. The lowest BCUT2D eigenvalue weighted by Crippen LogP contribution is -2.15. The van der Waals surface area contributed by atoms with Gasteiger partial charge in [0.1, 0.15) is 5.82 Å². The molecule has 0 unspecified atom stereocenters. The maximum atomic E-state index is 11.8. The van der Waals surface area contributed by atoms with Crippen LogP contribution in [0.15, 0.2) is 42.5 Å². The van der Waals surface area contributed by atoms with Crippen molar-refractivity contribution in [3.05, 3.63) is 58.7 Å². The van der Waals surface area contributed by atoms with Crippen LogP contribution in [-0.4, -0.2) is 16.0 Å². The third-order valence-electron chi connectivity index (χ3n) is 2.51. The molecule has 0 saturated carbocycles. The number of hydrogen-bond donors (Lipinski definition) is 2. The number of aliphatic hydroxyl groups is 1. The van der Waals surface area contributed by atoms with Crippen LogP contribution in [0, 0.1) is 0 Å². The predicted octanol–water partition coefficient (Wildman–Crippen LogP) is 2.41. The average molecular weight is 277 g/mol. The van der Waals surface area contributed by atoms with E-state index in [4.69, 9.17) is 16.7 Å². The van der Waals surface area contributed by atoms with Gasteiger partial charge in [-0.15, -0.1) is 0 Å². The molecule has 98 valence electrons. The lowest BCUT2D eigenvalue weighted by molar-refractivity contribution is -0.115. The minimum atomic E-state index is -0.162. The first-order valence-corrected chi connectivity index (χ1v) is 6.16. The summed E-state index contributed by atoms with van der Waals surface area (Å²) in [5.41, 5.74) is 1.39. The van der Waals surface area contributed by atoms with E-state index >= 15 is 0 Å². The second-order valence-corrected chi connectivity index (χ2v) is 4.46. The number of pyridine rings is 1. The van der Waals surface area contributed by atoms with Gasteiger partial charge in [-0.3, -0.25) is 4.79 Å². The van der Waals surface area contributed by atoms with Crippen molar-refractivity contribution in [1.82, 2.24) is 4.98 Å². The average Bonchev–Trinajstić information content (AvgIpc) is 2.41. The Kier molecular flexibility index (Phi) is 4.49. The summed E-state index contributed by atoms with van der Waals surface area (Å²) < 4.78 is 0. The molecular formula is C14H13ClN2O2. The molecule has 1 aromatic heterocycles. The number of halogens is 1. The van der Waals surface area contributed by atoms with Crippen molar-refractivity contribution in [3.8, 4) is 0 Å². The number of aliphatic hydroxyl groups excluding tert-OH is 1. The highest BCUT2D eigenvalue weighted by Gasteiger charge is 2.05. The van der Waals surface area contributed by atoms with Gasteiger partial charge in [-0.2, -0.15) is 0 Å². The van der Waals surface area contributed by atoms with Crippen LogP contribution in [0.1, 0.15) is 11.3 Å². The fourth-order valence-corrected chi connectivity index (χ4v) is 1.74. The second-order valence-electron chi connectivity index (χ2n) is 4.02. The monoisotopic (exact) mass is 276 g/mol. The molecule has 0 atom stereocenters. The zero-order valence-electron chi connectivity index (χ0n) is 10.1. The molecule has 2 rings (SSSR count). The van der Waals surface area contributed by atoms with E-state index < -0.39 is 0 Å². The maximum absolute atomic E-state index is 11.8. The van der Waals surface area contributed by atoms with Crippen LogP contribution >= 0.6 is 11.6 Å². The van der Waals surface area contributed by atoms with Gasteiger partial charge in [-0.25, -0.2) is 4.98 Å². The summed E-state index contributed by atoms with van der Waals surface area (Å²) in [5, 5.41) is 12.3. The van der Waals surface area contributed by atoms with Crippen molar-refractivity contribution in [1.29, 1.82) is 0 Å². The molecule has 1 amide bonds. The van der Waals surface area contributed by atoms with E-state index in [0.717, 1.165) is 5.56 Å². The number of carbonyl (C=O) groups excluding carboxylic acids is 1. The molecule has 1 heterocycles. The van der Waals surface area contributed by atoms with E-state index in [-0.39, 0.29) is 18.9 Å². The molecule has 19 heavy (non-hydrogen) atoms. The topological polar surface area (TPSA) is 62.2 Å². The van der Waals surface area contributed by atoms with Crippen LogP contribution in [0.2, 0.25) is 5.02 Å². The summed E-state index contributed by atoms with van der Waals surface area (Å²) in [5.74, 6) is 0.274. The van der Waals surface area contributed by atoms with Gasteiger partial charge in [-0.05, 0) is 29.8 Å². The van der Waals surface area contributed by atoms with Gasteiger partial charge < -0.3 is 10.4 Å². The van der Waals surface area contributed by atoms with Crippen molar-refractivity contribution in [2.75, 3.05) is 5.32 Å². The maximum Gasteiger partial charge on any atom is 0.229 e. The molecule has 0 aliphatic heterocycles. The third kappa shape index (κ3) is 4.05. The van der Waals surface area contributed by atoms with Gasteiger partial charge in [0.05, 0.1) is 18.7 Å². The molecule has 2 N–H and O–H groups in total. The Morgan fingerprint density at radius 2 is 1.95 bits per heavy atom. The Bertz CT molecular complexity index is 570. The molecule has 0 aliphatic carbocycles. The third-order valence-corrected chi connectivity index (χ3v) is 2.77. The number of nitrogens with zero attached hydrogens (tertiary/aromatic N) is 1. The number of anilines is 1. The van der Waals surface area contributed by atoms with Gasteiger partial charge >= 0.3 is 0 Å². The van der Waals surface area contributed by atoms with E-state index in [2.05, 4.69) is 10.3 Å². The first-order chi connectivity index (χ1) is 9.17. The number of hydrogen-bond acceptors (Lipinski definition) is 3. The van der Waals surface area contributed by atoms with Crippen molar-refractivity contribution >= 4 is 23.3 Å². The minimum absolute atomic E-state index is 0.152. The molecule has 2 aromatic rings. The molecule has 0 bridgehead atoms. The van der Waals surface area contributed by atoms with Crippen molar-refractivity contribution in [2.24, 2.45) is 0 Å². The quantitative estimate of drug-likeness (QED) is 0.901. The normalized spacial score (nSPS) is 10.2. The molecular weight excluding hydrogens is 264 g/mol. The van der Waals surface area contributed by atoms with Crippen LogP contribution < -0.4 is 5.32 Å². The summed E-state index contributed by atoms with van der Waals surface area (Å²) >= 11 is 5.78. The molecule has 0 radical (unpaired) electrons. The molecule has 4 nitrogen and oxygen atoms in total. The van der Waals surface area contributed by atoms with Gasteiger partial charge in [0.2, 0.25) is 5.91 Å². The van der Waals surface area contributed by atoms with E-state index in [1.165, 1.54) is 0 Å². The van der Waals surface area contributed by atoms with Crippen LogP contribution in [0.25, 0.3) is 0 Å². The summed E-state index contributed by atoms with van der Waals surface area (Å²) in [6.07, 6.45) is 0.252. The minimum Gasteiger partial charge on any atom is -0.390 e. The van der Waals surface area contributed by atoms with Crippen LogP contribution in [-0.2, 0) is 17.8 Å². The summed E-state index contributed by atoms with van der Waals surface area (Å²) in [6, 6.07) is 12.2. The van der Waals surface area contributed by atoms with Crippen molar-refractivity contribution < 1.29 is 9.90 Å². The standard InChI is InChI=1S/C14H13ClN2O2/c15-11-6-4-10(5-7-11)8-14(19)17-13-3-1-2-12(9-18)16-13/h1-7,18H,8-9H2,(H,16,17,19). The van der Waals surface area contributed by atoms with Gasteiger partial charge in [0, 0.05) is 5.02 Å². The SMILES string of the molecule is O=C(Cc1ccc(Cl)cc1)Nc1cccc(CO)n1. The molecule has 0 aliphatic rings. The number of nitrogens with one attached hydrogen (secondary N) is 1. The van der Waals surface area contributed by atoms with Gasteiger partial charge in [-0.1, -0.05) is 29.8 Å². The Balaban J connectivity index is 1.99. The van der Waals surface area contributed by atoms with E-state index in [1.54, 1.807) is 42.5 Å². The predicted molar refractivity (Wildman–Crippen MR) is 73.9 cm³/mol. The smallest absolute Gasteiger partial charge is 0.229 e. The molecule has 0 fully saturated rings. The van der Waals surface area contributed by atoms with Gasteiger partial charge in [0.25, 0.3) is 0 Å². The highest BCUT2D eigenvalue weighted by Crippen LogP contribution is 2.11. The number of amides is 1. The first-order valence-electron chi connectivity index (χ1n) is 5.78. The number of benzene rings is 1. The first kappa shape index (κ1) is 13.5. The summed E-state index contributed by atoms with van der Waals surface area (Å²) in [4.78, 5) is 15.9. The number of aromatic nitrogens is 1. The summed E-state index contributed by atoms with van der Waals surface area (Å²) in [6.45, 7) is -0.152. The van der Waals surface area contributed by atoms with E-state index in [1.807, 2.05) is 0 Å². The largest absolute Gasteiger partial charge is 0.390 e. The zero-order valence-corrected chi connectivity index (χ0v) is 10.9. The van der Waals surface area contributed by atoms with E-state index in [9.17, 15) is 4.79 Å². The van der Waals surface area contributed by atoms with E-state index in [0.29, 0.717) is 16.5 Å². The van der Waals surface area contributed by atoms with Crippen molar-refractivity contribution in [3.63, 3.8) is 0 Å². The summed E-state index contributed by atoms with van der Waals surface area (Å²) in [7, 11) is 0. The Labute approximate surface area is 116 Å². The zero-order chi connectivity index (χ0) is 13.7. The molecule has 0 spiro atoms. The molecule has 1 aromatic carbocycles. The fraction of sp³-hybridized carbons (Fsp3) is 0.143. The van der Waals surface area contributed by atoms with Gasteiger partial charge in [0.15, 0.2) is 0 Å². The molecule has 5 heteroatoms. The van der Waals surface area contributed by atoms with Crippen molar-refractivity contribution in [2.45, 2.75) is 13.0 Å². The fourth-order valence-electron chi connectivity index (χ4n) is 1.61. The highest BCUT2D eigenvalue weighted by atomic mass is 35.5. The lowest BCUT2D eigenvalue weighted by atomic mass is 10.1. The highest BCUT2D eigenvalue weighted by molar-refractivity contribution is 6.30. The van der Waals surface area contributed by atoms with Crippen LogP contribution in [0.4, 0.5) is 5.82 Å². The Morgan fingerprint density at radius 3 is 2.63 bits per heavy atom. The molecule has 0 saturated heterocycles. The van der Waals surface area contributed by atoms with Crippen LogP contribution in [0.3, 0.4) is 0 Å².